The van der Waals surface area contributed by atoms with Crippen LogP contribution >= 0.6 is 11.6 Å². The summed E-state index contributed by atoms with van der Waals surface area (Å²) in [5, 5.41) is 25.8. The molecular weight excluding hydrogens is 408 g/mol. The lowest BCUT2D eigenvalue weighted by molar-refractivity contribution is 0.0456. The molecule has 10 heteroatoms. The van der Waals surface area contributed by atoms with E-state index in [4.69, 9.17) is 21.1 Å². The van der Waals surface area contributed by atoms with Gasteiger partial charge in [0.2, 0.25) is 6.35 Å². The number of hydrogen-bond donors (Lipinski definition) is 1. The minimum absolute atomic E-state index is 0.157. The molecule has 1 unspecified atom stereocenters. The number of aliphatic hydroxyl groups is 1. The first-order chi connectivity index (χ1) is 14.5. The summed E-state index contributed by atoms with van der Waals surface area (Å²) in [5.74, 6) is 1.12. The van der Waals surface area contributed by atoms with Crippen LogP contribution in [0.25, 0.3) is 11.3 Å². The molecule has 0 spiro atoms. The maximum atomic E-state index is 10.3. The highest BCUT2D eigenvalue weighted by atomic mass is 35.5. The first-order valence-corrected chi connectivity index (χ1v) is 9.55. The van der Waals surface area contributed by atoms with Crippen LogP contribution in [-0.4, -0.2) is 40.4 Å². The molecule has 0 amide bonds. The minimum Gasteiger partial charge on any atom is -0.496 e. The molecule has 1 aliphatic rings. The van der Waals surface area contributed by atoms with E-state index in [0.29, 0.717) is 27.8 Å². The number of nitrogens with zero attached hydrogens (tertiary/aromatic N) is 6. The zero-order valence-corrected chi connectivity index (χ0v) is 17.5. The standard InChI is InChI=1S/C20H21ClN6O3/c1-25-10-9-16(22-25)13-7-8-19(15(21)11-13)30-12-14-17(5-4-6-18(14)29-3)27-20(28)26(2)23-24-27/h4-11,20,28H,12H2,1-3H3. The first-order valence-electron chi connectivity index (χ1n) is 9.18. The van der Waals surface area contributed by atoms with Crippen molar-refractivity contribution in [1.82, 2.24) is 14.8 Å². The fourth-order valence-corrected chi connectivity index (χ4v) is 3.37. The van der Waals surface area contributed by atoms with Crippen molar-refractivity contribution in [3.8, 4) is 22.8 Å². The second-order valence-electron chi connectivity index (χ2n) is 6.71. The van der Waals surface area contributed by atoms with E-state index in [1.165, 1.54) is 10.0 Å². The molecule has 2 aromatic carbocycles. The number of aryl methyl sites for hydroxylation is 1. The highest BCUT2D eigenvalue weighted by molar-refractivity contribution is 6.32. The number of hydrogen-bond acceptors (Lipinski definition) is 8. The van der Waals surface area contributed by atoms with Crippen LogP contribution in [0, 0.1) is 0 Å². The van der Waals surface area contributed by atoms with Gasteiger partial charge in [0.1, 0.15) is 18.1 Å². The second kappa shape index (κ2) is 8.21. The lowest BCUT2D eigenvalue weighted by atomic mass is 10.1. The number of halogens is 1. The van der Waals surface area contributed by atoms with Crippen molar-refractivity contribution in [3.63, 3.8) is 0 Å². The van der Waals surface area contributed by atoms with Gasteiger partial charge in [0.15, 0.2) is 0 Å². The van der Waals surface area contributed by atoms with Gasteiger partial charge in [-0.2, -0.15) is 10.1 Å². The van der Waals surface area contributed by atoms with Gasteiger partial charge in [-0.1, -0.05) is 17.7 Å². The lowest BCUT2D eigenvalue weighted by Crippen LogP contribution is -2.36. The molecule has 1 atom stereocenters. The molecule has 0 bridgehead atoms. The number of rotatable bonds is 6. The zero-order valence-electron chi connectivity index (χ0n) is 16.7. The van der Waals surface area contributed by atoms with Gasteiger partial charge in [-0.15, -0.1) is 0 Å². The predicted molar refractivity (Wildman–Crippen MR) is 112 cm³/mol. The van der Waals surface area contributed by atoms with Crippen molar-refractivity contribution in [2.45, 2.75) is 13.0 Å². The number of anilines is 1. The largest absolute Gasteiger partial charge is 0.496 e. The highest BCUT2D eigenvalue weighted by Crippen LogP contribution is 2.35. The van der Waals surface area contributed by atoms with E-state index in [-0.39, 0.29) is 6.61 Å². The Kier molecular flexibility index (Phi) is 5.47. The molecule has 1 aliphatic heterocycles. The van der Waals surface area contributed by atoms with Gasteiger partial charge in [0, 0.05) is 25.9 Å². The number of benzene rings is 2. The molecule has 4 rings (SSSR count). The average Bonchev–Trinajstić information content (AvgIpc) is 3.32. The average molecular weight is 429 g/mol. The van der Waals surface area contributed by atoms with E-state index >= 15 is 0 Å². The summed E-state index contributed by atoms with van der Waals surface area (Å²) in [6, 6.07) is 12.9. The zero-order chi connectivity index (χ0) is 21.3. The highest BCUT2D eigenvalue weighted by Gasteiger charge is 2.29. The van der Waals surface area contributed by atoms with Gasteiger partial charge in [0.05, 0.1) is 29.1 Å². The smallest absolute Gasteiger partial charge is 0.245 e. The summed E-state index contributed by atoms with van der Waals surface area (Å²) in [6.07, 6.45) is 0.857. The van der Waals surface area contributed by atoms with Gasteiger partial charge in [0.25, 0.3) is 0 Å². The van der Waals surface area contributed by atoms with Gasteiger partial charge < -0.3 is 14.6 Å². The maximum absolute atomic E-state index is 10.3. The summed E-state index contributed by atoms with van der Waals surface area (Å²) < 4.78 is 13.2. The fourth-order valence-electron chi connectivity index (χ4n) is 3.13. The van der Waals surface area contributed by atoms with Crippen LogP contribution in [0.2, 0.25) is 5.02 Å². The Morgan fingerprint density at radius 2 is 1.93 bits per heavy atom. The summed E-state index contributed by atoms with van der Waals surface area (Å²) in [7, 11) is 5.07. The maximum Gasteiger partial charge on any atom is 0.245 e. The van der Waals surface area contributed by atoms with Crippen molar-refractivity contribution in [2.75, 3.05) is 19.2 Å². The molecule has 30 heavy (non-hydrogen) atoms. The minimum atomic E-state index is -1.02. The van der Waals surface area contributed by atoms with Crippen molar-refractivity contribution < 1.29 is 14.6 Å². The Morgan fingerprint density at radius 1 is 1.10 bits per heavy atom. The van der Waals surface area contributed by atoms with E-state index in [9.17, 15) is 5.11 Å². The van der Waals surface area contributed by atoms with Crippen LogP contribution < -0.4 is 14.5 Å². The van der Waals surface area contributed by atoms with E-state index in [1.54, 1.807) is 24.9 Å². The normalized spacial score (nSPS) is 15.7. The Bertz CT molecular complexity index is 1090. The van der Waals surface area contributed by atoms with Crippen LogP contribution in [0.15, 0.2) is 59.1 Å². The summed E-state index contributed by atoms with van der Waals surface area (Å²) in [6.45, 7) is 0.157. The molecule has 3 aromatic rings. The summed E-state index contributed by atoms with van der Waals surface area (Å²) in [4.78, 5) is 0. The first kappa shape index (κ1) is 20.0. The van der Waals surface area contributed by atoms with Gasteiger partial charge >= 0.3 is 0 Å². The van der Waals surface area contributed by atoms with E-state index in [2.05, 4.69) is 15.5 Å². The number of aromatic nitrogens is 2. The van der Waals surface area contributed by atoms with Crippen LogP contribution in [-0.2, 0) is 13.7 Å². The molecule has 0 fully saturated rings. The number of ether oxygens (including phenoxy) is 2. The monoisotopic (exact) mass is 428 g/mol. The van der Waals surface area contributed by atoms with Crippen molar-refractivity contribution in [1.29, 1.82) is 0 Å². The van der Waals surface area contributed by atoms with Crippen molar-refractivity contribution >= 4 is 17.3 Å². The molecule has 0 radical (unpaired) electrons. The number of aliphatic hydroxyl groups excluding tert-OH is 1. The molecule has 9 nitrogen and oxygen atoms in total. The molecule has 1 aromatic heterocycles. The predicted octanol–water partition coefficient (Wildman–Crippen LogP) is 3.64. The molecule has 0 saturated carbocycles. The van der Waals surface area contributed by atoms with Gasteiger partial charge in [-0.3, -0.25) is 4.68 Å². The van der Waals surface area contributed by atoms with Gasteiger partial charge in [-0.25, -0.2) is 5.01 Å². The molecule has 1 N–H and O–H groups in total. The van der Waals surface area contributed by atoms with E-state index in [0.717, 1.165) is 11.3 Å². The van der Waals surface area contributed by atoms with Gasteiger partial charge in [-0.05, 0) is 46.8 Å². The summed E-state index contributed by atoms with van der Waals surface area (Å²) >= 11 is 6.45. The Morgan fingerprint density at radius 3 is 2.57 bits per heavy atom. The van der Waals surface area contributed by atoms with Crippen molar-refractivity contribution in [2.24, 2.45) is 17.5 Å². The van der Waals surface area contributed by atoms with E-state index < -0.39 is 6.35 Å². The Labute approximate surface area is 178 Å². The van der Waals surface area contributed by atoms with Crippen LogP contribution in [0.5, 0.6) is 11.5 Å². The Hall–Kier alpha value is -3.30. The Balaban J connectivity index is 1.58. The fraction of sp³-hybridized carbons (Fsp3) is 0.250. The molecule has 0 aliphatic carbocycles. The molecule has 0 saturated heterocycles. The van der Waals surface area contributed by atoms with Crippen LogP contribution in [0.1, 0.15) is 5.56 Å². The molecule has 2 heterocycles. The second-order valence-corrected chi connectivity index (χ2v) is 7.12. The molecular formula is C20H21ClN6O3. The lowest BCUT2D eigenvalue weighted by Gasteiger charge is -2.24. The molecule has 156 valence electrons. The quantitative estimate of drug-likeness (QED) is 0.645. The van der Waals surface area contributed by atoms with Crippen LogP contribution in [0.3, 0.4) is 0 Å². The topological polar surface area (TPSA) is 87.7 Å². The third kappa shape index (κ3) is 3.77. The van der Waals surface area contributed by atoms with Crippen LogP contribution in [0.4, 0.5) is 5.69 Å². The third-order valence-electron chi connectivity index (χ3n) is 4.72. The number of methoxy groups -OCH3 is 1. The third-order valence-corrected chi connectivity index (χ3v) is 5.01. The van der Waals surface area contributed by atoms with Crippen molar-refractivity contribution in [3.05, 3.63) is 59.2 Å². The van der Waals surface area contributed by atoms with E-state index in [1.807, 2.05) is 49.6 Å². The summed E-state index contributed by atoms with van der Waals surface area (Å²) in [5.41, 5.74) is 3.05. The SMILES string of the molecule is COc1cccc(N2N=NN(C)C2O)c1COc1ccc(-c2ccn(C)n2)cc1Cl.